The van der Waals surface area contributed by atoms with Crippen molar-refractivity contribution in [3.05, 3.63) is 0 Å². The second kappa shape index (κ2) is 4.72. The summed E-state index contributed by atoms with van der Waals surface area (Å²) >= 11 is 0. The first kappa shape index (κ1) is 11.9. The van der Waals surface area contributed by atoms with E-state index in [2.05, 4.69) is 5.32 Å². The molecule has 0 aromatic rings. The Bertz CT molecular complexity index is 265. The molecule has 4 nitrogen and oxygen atoms in total. The molecule has 16 heavy (non-hydrogen) atoms. The Kier molecular flexibility index (Phi) is 3.50. The normalized spacial score (nSPS) is 34.0. The Morgan fingerprint density at radius 2 is 2.31 bits per heavy atom. The van der Waals surface area contributed by atoms with Crippen LogP contribution in [0.5, 0.6) is 0 Å². The molecule has 2 rings (SSSR count). The molecular weight excluding hydrogens is 206 g/mol. The van der Waals surface area contributed by atoms with Crippen LogP contribution in [-0.2, 0) is 14.3 Å². The minimum absolute atomic E-state index is 0.0923. The van der Waals surface area contributed by atoms with Crippen molar-refractivity contribution in [2.75, 3.05) is 19.8 Å². The highest BCUT2D eigenvalue weighted by molar-refractivity contribution is 5.82. The van der Waals surface area contributed by atoms with Gasteiger partial charge in [-0.1, -0.05) is 0 Å². The Labute approximate surface area is 96.7 Å². The maximum Gasteiger partial charge on any atom is 0.329 e. The highest BCUT2D eigenvalue weighted by Crippen LogP contribution is 2.32. The van der Waals surface area contributed by atoms with Gasteiger partial charge in [0.1, 0.15) is 5.54 Å². The van der Waals surface area contributed by atoms with Gasteiger partial charge in [0.2, 0.25) is 0 Å². The first-order valence-electron chi connectivity index (χ1n) is 6.23. The lowest BCUT2D eigenvalue weighted by Crippen LogP contribution is -2.58. The molecule has 0 aromatic carbocycles. The lowest BCUT2D eigenvalue weighted by atomic mass is 9.92. The Hall–Kier alpha value is -0.610. The van der Waals surface area contributed by atoms with Gasteiger partial charge in [-0.05, 0) is 39.2 Å². The lowest BCUT2D eigenvalue weighted by Gasteiger charge is -2.30. The van der Waals surface area contributed by atoms with Crippen LogP contribution >= 0.6 is 0 Å². The molecule has 0 aromatic heterocycles. The van der Waals surface area contributed by atoms with Crippen molar-refractivity contribution in [1.82, 2.24) is 5.32 Å². The van der Waals surface area contributed by atoms with E-state index >= 15 is 0 Å². The molecule has 1 saturated carbocycles. The number of carbonyl (C=O) groups excluding carboxylic acids is 1. The molecule has 0 amide bonds. The summed E-state index contributed by atoms with van der Waals surface area (Å²) in [5.41, 5.74) is -0.599. The van der Waals surface area contributed by atoms with Crippen LogP contribution in [0.3, 0.4) is 0 Å². The summed E-state index contributed by atoms with van der Waals surface area (Å²) in [5, 5.41) is 3.39. The summed E-state index contributed by atoms with van der Waals surface area (Å²) in [6, 6.07) is 0. The second-order valence-corrected chi connectivity index (χ2v) is 4.78. The predicted molar refractivity (Wildman–Crippen MR) is 60.1 cm³/mol. The molecule has 2 fully saturated rings. The third kappa shape index (κ3) is 2.23. The monoisotopic (exact) mass is 227 g/mol. The summed E-state index contributed by atoms with van der Waals surface area (Å²) in [5.74, 6) is 0.597. The molecule has 1 N–H and O–H groups in total. The summed E-state index contributed by atoms with van der Waals surface area (Å²) in [7, 11) is 0. The van der Waals surface area contributed by atoms with E-state index in [4.69, 9.17) is 9.47 Å². The van der Waals surface area contributed by atoms with Gasteiger partial charge in [0, 0.05) is 13.0 Å². The first-order chi connectivity index (χ1) is 7.69. The molecule has 0 bridgehead atoms. The van der Waals surface area contributed by atoms with E-state index in [0.29, 0.717) is 13.2 Å². The van der Waals surface area contributed by atoms with Gasteiger partial charge >= 0.3 is 5.97 Å². The van der Waals surface area contributed by atoms with Crippen LogP contribution in [0.1, 0.15) is 33.1 Å². The molecule has 2 aliphatic rings. The highest BCUT2D eigenvalue weighted by atomic mass is 16.5. The zero-order valence-corrected chi connectivity index (χ0v) is 10.1. The molecule has 2 atom stereocenters. The van der Waals surface area contributed by atoms with Crippen molar-refractivity contribution in [1.29, 1.82) is 0 Å². The van der Waals surface area contributed by atoms with Gasteiger partial charge in [-0.2, -0.15) is 0 Å². The number of nitrogens with one attached hydrogen (secondary N) is 1. The lowest BCUT2D eigenvalue weighted by molar-refractivity contribution is -0.153. The van der Waals surface area contributed by atoms with Gasteiger partial charge in [-0.15, -0.1) is 0 Å². The van der Waals surface area contributed by atoms with E-state index in [1.807, 2.05) is 13.8 Å². The first-order valence-corrected chi connectivity index (χ1v) is 6.23. The van der Waals surface area contributed by atoms with Crippen LogP contribution in [0.15, 0.2) is 0 Å². The van der Waals surface area contributed by atoms with Crippen LogP contribution < -0.4 is 5.32 Å². The molecule has 1 aliphatic heterocycles. The summed E-state index contributed by atoms with van der Waals surface area (Å²) in [6.45, 7) is 5.76. The number of hydrogen-bond acceptors (Lipinski definition) is 4. The summed E-state index contributed by atoms with van der Waals surface area (Å²) in [6.07, 6.45) is 3.19. The second-order valence-electron chi connectivity index (χ2n) is 4.78. The standard InChI is InChI=1S/C12H21NO3/c1-3-15-11(14)12(6-7-16-9(12)2)13-8-10-4-5-10/h9-10,13H,3-8H2,1-2H3. The van der Waals surface area contributed by atoms with Crippen LogP contribution in [0, 0.1) is 5.92 Å². The molecule has 1 aliphatic carbocycles. The van der Waals surface area contributed by atoms with Crippen molar-refractivity contribution in [3.8, 4) is 0 Å². The third-order valence-corrected chi connectivity index (χ3v) is 3.60. The van der Waals surface area contributed by atoms with Crippen molar-refractivity contribution in [2.24, 2.45) is 5.92 Å². The molecule has 0 radical (unpaired) electrons. The fourth-order valence-corrected chi connectivity index (χ4v) is 2.22. The minimum Gasteiger partial charge on any atom is -0.465 e. The average Bonchev–Trinajstić information content (AvgIpc) is 3.01. The largest absolute Gasteiger partial charge is 0.465 e. The minimum atomic E-state index is -0.599. The smallest absolute Gasteiger partial charge is 0.329 e. The van der Waals surface area contributed by atoms with Gasteiger partial charge in [0.25, 0.3) is 0 Å². The van der Waals surface area contributed by atoms with Gasteiger partial charge in [0.05, 0.1) is 12.7 Å². The molecule has 1 saturated heterocycles. The van der Waals surface area contributed by atoms with E-state index in [0.717, 1.165) is 18.9 Å². The van der Waals surface area contributed by atoms with E-state index in [1.54, 1.807) is 0 Å². The SMILES string of the molecule is CCOC(=O)C1(NCC2CC2)CCOC1C. The number of hydrogen-bond donors (Lipinski definition) is 1. The average molecular weight is 227 g/mol. The van der Waals surface area contributed by atoms with Crippen LogP contribution in [0.2, 0.25) is 0 Å². The fraction of sp³-hybridized carbons (Fsp3) is 0.917. The van der Waals surface area contributed by atoms with E-state index in [9.17, 15) is 4.79 Å². The van der Waals surface area contributed by atoms with Gasteiger partial charge in [0.15, 0.2) is 0 Å². The van der Waals surface area contributed by atoms with Crippen LogP contribution in [0.4, 0.5) is 0 Å². The van der Waals surface area contributed by atoms with Crippen LogP contribution in [-0.4, -0.2) is 37.4 Å². The topological polar surface area (TPSA) is 47.6 Å². The quantitative estimate of drug-likeness (QED) is 0.714. The van der Waals surface area contributed by atoms with Gasteiger partial charge in [-0.3, -0.25) is 5.32 Å². The maximum absolute atomic E-state index is 12.0. The number of carbonyl (C=O) groups is 1. The van der Waals surface area contributed by atoms with Crippen molar-refractivity contribution in [2.45, 2.75) is 44.8 Å². The Balaban J connectivity index is 2.01. The zero-order valence-electron chi connectivity index (χ0n) is 10.1. The maximum atomic E-state index is 12.0. The van der Waals surface area contributed by atoms with Gasteiger partial charge in [-0.25, -0.2) is 4.79 Å². The van der Waals surface area contributed by atoms with E-state index in [-0.39, 0.29) is 12.1 Å². The van der Waals surface area contributed by atoms with Crippen LogP contribution in [0.25, 0.3) is 0 Å². The molecule has 0 spiro atoms. The Morgan fingerprint density at radius 1 is 1.56 bits per heavy atom. The zero-order chi connectivity index (χ0) is 11.6. The molecular formula is C12H21NO3. The number of esters is 1. The van der Waals surface area contributed by atoms with E-state index in [1.165, 1.54) is 12.8 Å². The third-order valence-electron chi connectivity index (χ3n) is 3.60. The Morgan fingerprint density at radius 3 is 2.81 bits per heavy atom. The molecule has 1 heterocycles. The number of ether oxygens (including phenoxy) is 2. The van der Waals surface area contributed by atoms with Crippen molar-refractivity contribution in [3.63, 3.8) is 0 Å². The fourth-order valence-electron chi connectivity index (χ4n) is 2.22. The highest BCUT2D eigenvalue weighted by Gasteiger charge is 2.49. The molecule has 92 valence electrons. The van der Waals surface area contributed by atoms with E-state index < -0.39 is 5.54 Å². The van der Waals surface area contributed by atoms with Crippen molar-refractivity contribution >= 4 is 5.97 Å². The summed E-state index contributed by atoms with van der Waals surface area (Å²) in [4.78, 5) is 12.0. The molecule has 4 heteroatoms. The van der Waals surface area contributed by atoms with Crippen molar-refractivity contribution < 1.29 is 14.3 Å². The predicted octanol–water partition coefficient (Wildman–Crippen LogP) is 1.10. The van der Waals surface area contributed by atoms with Gasteiger partial charge < -0.3 is 9.47 Å². The number of rotatable bonds is 5. The molecule has 2 unspecified atom stereocenters. The summed E-state index contributed by atoms with van der Waals surface area (Å²) < 4.78 is 10.7.